The molecule has 0 unspecified atom stereocenters. The Bertz CT molecular complexity index is 775. The zero-order valence-electron chi connectivity index (χ0n) is 16.3. The number of nitrogens with zero attached hydrogens (tertiary/aromatic N) is 2. The fraction of sp³-hybridized carbons (Fsp3) is 0.409. The normalized spacial score (nSPS) is 15.6. The van der Waals surface area contributed by atoms with E-state index in [2.05, 4.69) is 49.2 Å². The number of hydrogen-bond acceptors (Lipinski definition) is 2. The molecule has 0 spiro atoms. The molecule has 27 heavy (non-hydrogen) atoms. The van der Waals surface area contributed by atoms with Crippen molar-refractivity contribution in [3.8, 4) is 0 Å². The van der Waals surface area contributed by atoms with E-state index in [1.54, 1.807) is 0 Å². The smallest absolute Gasteiger partial charge is 0.321 e. The predicted octanol–water partition coefficient (Wildman–Crippen LogP) is 4.99. The molecule has 1 N–H and O–H groups in total. The molecule has 3 rings (SSSR count). The summed E-state index contributed by atoms with van der Waals surface area (Å²) in [5, 5.41) is 3.87. The molecule has 0 atom stereocenters. The maximum absolute atomic E-state index is 12.7. The SMILES string of the molecule is CC(C)(C)c1ccccc1NC(=O)N1CCN(Cc2ccc(Cl)cc2)CC1. The van der Waals surface area contributed by atoms with Crippen LogP contribution in [-0.2, 0) is 12.0 Å². The van der Waals surface area contributed by atoms with E-state index in [0.29, 0.717) is 0 Å². The van der Waals surface area contributed by atoms with Gasteiger partial charge in [-0.25, -0.2) is 4.79 Å². The highest BCUT2D eigenvalue weighted by molar-refractivity contribution is 6.30. The monoisotopic (exact) mass is 385 g/mol. The summed E-state index contributed by atoms with van der Waals surface area (Å²) in [6.07, 6.45) is 0. The van der Waals surface area contributed by atoms with Crippen LogP contribution in [0.5, 0.6) is 0 Å². The number of urea groups is 1. The molecule has 2 aromatic carbocycles. The van der Waals surface area contributed by atoms with Crippen LogP contribution < -0.4 is 5.32 Å². The van der Waals surface area contributed by atoms with E-state index in [9.17, 15) is 4.79 Å². The average Bonchev–Trinajstić information content (AvgIpc) is 2.64. The van der Waals surface area contributed by atoms with Crippen molar-refractivity contribution in [2.24, 2.45) is 0 Å². The van der Waals surface area contributed by atoms with Crippen LogP contribution in [0, 0.1) is 0 Å². The van der Waals surface area contributed by atoms with Gasteiger partial charge in [0.2, 0.25) is 0 Å². The first kappa shape index (κ1) is 19.7. The number of carbonyl (C=O) groups is 1. The van der Waals surface area contributed by atoms with Crippen molar-refractivity contribution in [3.05, 3.63) is 64.7 Å². The summed E-state index contributed by atoms with van der Waals surface area (Å²) in [6.45, 7) is 10.6. The number of piperazine rings is 1. The minimum absolute atomic E-state index is 0.0127. The van der Waals surface area contributed by atoms with Crippen LogP contribution in [0.15, 0.2) is 48.5 Å². The van der Waals surface area contributed by atoms with Crippen LogP contribution in [0.2, 0.25) is 5.02 Å². The highest BCUT2D eigenvalue weighted by Gasteiger charge is 2.23. The van der Waals surface area contributed by atoms with Crippen molar-refractivity contribution in [2.45, 2.75) is 32.7 Å². The summed E-state index contributed by atoms with van der Waals surface area (Å²) in [6, 6.07) is 16.0. The van der Waals surface area contributed by atoms with Crippen LogP contribution in [-0.4, -0.2) is 42.0 Å². The molecule has 0 aliphatic carbocycles. The van der Waals surface area contributed by atoms with Crippen LogP contribution in [0.4, 0.5) is 10.5 Å². The predicted molar refractivity (Wildman–Crippen MR) is 112 cm³/mol. The summed E-state index contributed by atoms with van der Waals surface area (Å²) in [4.78, 5) is 17.0. The van der Waals surface area contributed by atoms with Gasteiger partial charge in [0.1, 0.15) is 0 Å². The zero-order chi connectivity index (χ0) is 19.4. The maximum atomic E-state index is 12.7. The Morgan fingerprint density at radius 2 is 1.63 bits per heavy atom. The Hall–Kier alpha value is -2.04. The quantitative estimate of drug-likeness (QED) is 0.808. The number of halogens is 1. The van der Waals surface area contributed by atoms with Crippen molar-refractivity contribution >= 4 is 23.3 Å². The molecule has 144 valence electrons. The Kier molecular flexibility index (Phi) is 6.08. The average molecular weight is 386 g/mol. The minimum atomic E-state index is -0.0159. The molecule has 1 saturated heterocycles. The molecular weight excluding hydrogens is 358 g/mol. The molecule has 0 bridgehead atoms. The number of amides is 2. The first-order valence-electron chi connectivity index (χ1n) is 9.45. The molecule has 1 heterocycles. The Balaban J connectivity index is 1.55. The molecule has 0 saturated carbocycles. The van der Waals surface area contributed by atoms with E-state index >= 15 is 0 Å². The highest BCUT2D eigenvalue weighted by atomic mass is 35.5. The lowest BCUT2D eigenvalue weighted by molar-refractivity contribution is 0.143. The number of para-hydroxylation sites is 1. The van der Waals surface area contributed by atoms with Gasteiger partial charge in [0, 0.05) is 43.4 Å². The number of nitrogens with one attached hydrogen (secondary N) is 1. The van der Waals surface area contributed by atoms with Crippen molar-refractivity contribution < 1.29 is 4.79 Å². The summed E-state index contributed by atoms with van der Waals surface area (Å²) < 4.78 is 0. The lowest BCUT2D eigenvalue weighted by atomic mass is 9.86. The largest absolute Gasteiger partial charge is 0.322 e. The highest BCUT2D eigenvalue weighted by Crippen LogP contribution is 2.29. The van der Waals surface area contributed by atoms with Crippen LogP contribution in [0.25, 0.3) is 0 Å². The number of anilines is 1. The molecule has 1 aliphatic heterocycles. The summed E-state index contributed by atoms with van der Waals surface area (Å²) in [7, 11) is 0. The summed E-state index contributed by atoms with van der Waals surface area (Å²) in [5.74, 6) is 0. The molecule has 2 aromatic rings. The second kappa shape index (κ2) is 8.32. The molecule has 1 aliphatic rings. The van der Waals surface area contributed by atoms with Crippen molar-refractivity contribution in [3.63, 3.8) is 0 Å². The summed E-state index contributed by atoms with van der Waals surface area (Å²) in [5.41, 5.74) is 3.29. The van der Waals surface area contributed by atoms with Crippen molar-refractivity contribution in [1.82, 2.24) is 9.80 Å². The number of rotatable bonds is 3. The number of hydrogen-bond donors (Lipinski definition) is 1. The third-order valence-electron chi connectivity index (χ3n) is 4.96. The van der Waals surface area contributed by atoms with E-state index in [1.807, 2.05) is 35.2 Å². The van der Waals surface area contributed by atoms with E-state index < -0.39 is 0 Å². The van der Waals surface area contributed by atoms with Gasteiger partial charge in [-0.15, -0.1) is 0 Å². The molecule has 2 amide bonds. The minimum Gasteiger partial charge on any atom is -0.322 e. The lowest BCUT2D eigenvalue weighted by Crippen LogP contribution is -2.49. The third kappa shape index (κ3) is 5.24. The number of carbonyl (C=O) groups excluding carboxylic acids is 1. The van der Waals surface area contributed by atoms with Gasteiger partial charge in [-0.05, 0) is 34.7 Å². The third-order valence-corrected chi connectivity index (χ3v) is 5.21. The molecule has 1 fully saturated rings. The maximum Gasteiger partial charge on any atom is 0.321 e. The molecule has 0 aromatic heterocycles. The second-order valence-corrected chi connectivity index (χ2v) is 8.55. The van der Waals surface area contributed by atoms with Crippen molar-refractivity contribution in [1.29, 1.82) is 0 Å². The van der Waals surface area contributed by atoms with Crippen LogP contribution >= 0.6 is 11.6 Å². The first-order valence-corrected chi connectivity index (χ1v) is 9.83. The van der Waals surface area contributed by atoms with Gasteiger partial charge in [0.25, 0.3) is 0 Å². The summed E-state index contributed by atoms with van der Waals surface area (Å²) >= 11 is 5.95. The van der Waals surface area contributed by atoms with E-state index in [0.717, 1.165) is 49.0 Å². The Morgan fingerprint density at radius 1 is 1.00 bits per heavy atom. The van der Waals surface area contributed by atoms with Gasteiger partial charge in [-0.3, -0.25) is 4.90 Å². The van der Waals surface area contributed by atoms with E-state index in [-0.39, 0.29) is 11.4 Å². The first-order chi connectivity index (χ1) is 12.8. The van der Waals surface area contributed by atoms with Gasteiger partial charge < -0.3 is 10.2 Å². The van der Waals surface area contributed by atoms with E-state index in [4.69, 9.17) is 11.6 Å². The fourth-order valence-corrected chi connectivity index (χ4v) is 3.52. The van der Waals surface area contributed by atoms with Crippen LogP contribution in [0.3, 0.4) is 0 Å². The van der Waals surface area contributed by atoms with Gasteiger partial charge >= 0.3 is 6.03 Å². The van der Waals surface area contributed by atoms with Crippen molar-refractivity contribution in [2.75, 3.05) is 31.5 Å². The number of benzene rings is 2. The topological polar surface area (TPSA) is 35.6 Å². The van der Waals surface area contributed by atoms with Crippen LogP contribution in [0.1, 0.15) is 31.9 Å². The van der Waals surface area contributed by atoms with Gasteiger partial charge in [0.15, 0.2) is 0 Å². The Labute approximate surface area is 167 Å². The second-order valence-electron chi connectivity index (χ2n) is 8.12. The fourth-order valence-electron chi connectivity index (χ4n) is 3.40. The zero-order valence-corrected chi connectivity index (χ0v) is 17.1. The lowest BCUT2D eigenvalue weighted by Gasteiger charge is -2.35. The molecular formula is C22H28ClN3O. The van der Waals surface area contributed by atoms with Gasteiger partial charge in [0.05, 0.1) is 0 Å². The molecule has 5 heteroatoms. The van der Waals surface area contributed by atoms with Gasteiger partial charge in [-0.1, -0.05) is 62.7 Å². The standard InChI is InChI=1S/C22H28ClN3O/c1-22(2,3)19-6-4-5-7-20(19)24-21(27)26-14-12-25(13-15-26)16-17-8-10-18(23)11-9-17/h4-11H,12-16H2,1-3H3,(H,24,27). The molecule has 0 radical (unpaired) electrons. The van der Waals surface area contributed by atoms with Gasteiger partial charge in [-0.2, -0.15) is 0 Å². The Morgan fingerprint density at radius 3 is 2.26 bits per heavy atom. The molecule has 4 nitrogen and oxygen atoms in total. The van der Waals surface area contributed by atoms with E-state index in [1.165, 1.54) is 5.56 Å².